The summed E-state index contributed by atoms with van der Waals surface area (Å²) in [4.78, 5) is 55.8. The minimum atomic E-state index is -4.75. The van der Waals surface area contributed by atoms with E-state index >= 15 is 0 Å². The minimum Gasteiger partial charge on any atom is -0.861 e. The summed E-state index contributed by atoms with van der Waals surface area (Å²) in [7, 11) is -4.75. The highest BCUT2D eigenvalue weighted by molar-refractivity contribution is 7.47. The zero-order valence-corrected chi connectivity index (χ0v) is 20.6. The number of ether oxygens (including phenoxy) is 2. The second kappa shape index (κ2) is 7.93. The molecule has 6 rings (SSSR count). The Bertz CT molecular complexity index is 1150. The van der Waals surface area contributed by atoms with Crippen LogP contribution in [0.15, 0.2) is 4.99 Å². The molecular formula is C20H26N4O12P-. The van der Waals surface area contributed by atoms with Crippen LogP contribution in [0, 0.1) is 10.8 Å². The zero-order chi connectivity index (χ0) is 26.7. The molecule has 4 N–H and O–H groups in total. The van der Waals surface area contributed by atoms with E-state index in [0.717, 1.165) is 9.80 Å². The smallest absolute Gasteiger partial charge is 0.472 e. The van der Waals surface area contributed by atoms with Gasteiger partial charge < -0.3 is 29.7 Å². The van der Waals surface area contributed by atoms with Crippen molar-refractivity contribution >= 4 is 31.7 Å². The predicted molar refractivity (Wildman–Crippen MR) is 114 cm³/mol. The number of imide groups is 1. The van der Waals surface area contributed by atoms with Gasteiger partial charge in [0.2, 0.25) is 5.91 Å². The molecule has 0 aromatic carbocycles. The first-order valence-electron chi connectivity index (χ1n) is 11.8. The monoisotopic (exact) mass is 545 g/mol. The Morgan fingerprint density at radius 3 is 2.49 bits per heavy atom. The van der Waals surface area contributed by atoms with Crippen LogP contribution in [-0.4, -0.2) is 111 Å². The Labute approximate surface area is 209 Å². The lowest BCUT2D eigenvalue weighted by atomic mass is 9.42. The van der Waals surface area contributed by atoms with E-state index in [1.807, 2.05) is 0 Å². The summed E-state index contributed by atoms with van der Waals surface area (Å²) >= 11 is 0. The number of hydrogen-bond acceptors (Lipinski definition) is 11. The highest BCUT2D eigenvalue weighted by Crippen LogP contribution is 2.64. The number of amides is 5. The predicted octanol–water partition coefficient (Wildman–Crippen LogP) is -2.40. The lowest BCUT2D eigenvalue weighted by Crippen LogP contribution is -2.91. The number of fused-ring (bicyclic) bond motifs is 7. The van der Waals surface area contributed by atoms with Crippen molar-refractivity contribution in [2.75, 3.05) is 13.2 Å². The molecule has 204 valence electrons. The summed E-state index contributed by atoms with van der Waals surface area (Å²) in [6, 6.07) is -4.01. The van der Waals surface area contributed by atoms with Crippen LogP contribution in [0.25, 0.3) is 0 Å². The number of hydrogen-bond donors (Lipinski definition) is 4. The Morgan fingerprint density at radius 1 is 1.11 bits per heavy atom. The van der Waals surface area contributed by atoms with Crippen molar-refractivity contribution in [2.45, 2.75) is 75.6 Å². The van der Waals surface area contributed by atoms with E-state index in [1.54, 1.807) is 0 Å². The molecule has 17 heteroatoms. The molecule has 5 fully saturated rings. The van der Waals surface area contributed by atoms with Crippen molar-refractivity contribution in [3.63, 3.8) is 0 Å². The van der Waals surface area contributed by atoms with Gasteiger partial charge in [-0.05, 0) is 12.8 Å². The molecule has 6 aliphatic rings. The normalized spacial score (nSPS) is 51.2. The van der Waals surface area contributed by atoms with Crippen LogP contribution < -0.4 is 10.4 Å². The van der Waals surface area contributed by atoms with Crippen molar-refractivity contribution in [1.82, 2.24) is 15.1 Å². The molecule has 1 saturated carbocycles. The highest BCUT2D eigenvalue weighted by atomic mass is 31.2. The first-order valence-corrected chi connectivity index (χ1v) is 13.3. The van der Waals surface area contributed by atoms with Gasteiger partial charge in [0.25, 0.3) is 0 Å². The number of rotatable bonds is 1. The van der Waals surface area contributed by atoms with Crippen LogP contribution in [-0.2, 0) is 27.9 Å². The maximum atomic E-state index is 13.2. The summed E-state index contributed by atoms with van der Waals surface area (Å²) in [6.45, 7) is 1.78. The summed E-state index contributed by atoms with van der Waals surface area (Å²) in [5.74, 6) is -1.57. The van der Waals surface area contributed by atoms with E-state index in [1.165, 1.54) is 13.8 Å². The standard InChI is InChI=1S/C20H27N4O12P/c1-19-13-14-20(19,2)16(28)22-18(30)24(14)12-4-8(9(5-25)34-12)36-37(31,32)33-6-10-7(26)3-11(35-10)23(13)17(29)21-15(19)27/h7-14,25-26H,3-6H2,1-2H3,(H,31,32)(H,21,27,29)(H,22,28,30)/p-1/t7?,8?,9-,10-,11+,12+,13-,14-,19+,20+/m0/s1. The van der Waals surface area contributed by atoms with Crippen molar-refractivity contribution in [2.24, 2.45) is 15.8 Å². The molecule has 5 aliphatic heterocycles. The Hall–Kier alpha value is -2.17. The number of nitrogens with one attached hydrogen (secondary N) is 1. The van der Waals surface area contributed by atoms with Crippen molar-refractivity contribution in [1.29, 1.82) is 0 Å². The number of nitrogens with zero attached hydrogens (tertiary/aromatic N) is 3. The van der Waals surface area contributed by atoms with Gasteiger partial charge in [-0.1, -0.05) is 6.92 Å². The first kappa shape index (κ1) is 25.1. The lowest BCUT2D eigenvalue weighted by Gasteiger charge is -2.73. The average molecular weight is 545 g/mol. The van der Waals surface area contributed by atoms with Crippen molar-refractivity contribution in [3.8, 4) is 0 Å². The molecule has 4 saturated heterocycles. The molecule has 1 aliphatic carbocycles. The Morgan fingerprint density at radius 2 is 1.78 bits per heavy atom. The quantitative estimate of drug-likeness (QED) is 0.253. The van der Waals surface area contributed by atoms with Gasteiger partial charge in [-0.3, -0.25) is 29.0 Å². The molecular weight excluding hydrogens is 519 g/mol. The highest BCUT2D eigenvalue weighted by Gasteiger charge is 2.79. The third-order valence-corrected chi connectivity index (χ3v) is 9.82. The number of aliphatic imine (C=N–C) groups is 1. The van der Waals surface area contributed by atoms with E-state index in [2.05, 4.69) is 10.3 Å². The molecule has 0 aromatic rings. The van der Waals surface area contributed by atoms with Gasteiger partial charge in [-0.25, -0.2) is 19.1 Å². The summed E-state index contributed by atoms with van der Waals surface area (Å²) in [5, 5.41) is 35.8. The van der Waals surface area contributed by atoms with Gasteiger partial charge in [0, 0.05) is 18.3 Å². The molecule has 5 amide bonds. The maximum absolute atomic E-state index is 13.2. The molecule has 0 spiro atoms. The van der Waals surface area contributed by atoms with Crippen molar-refractivity contribution in [3.05, 3.63) is 0 Å². The van der Waals surface area contributed by atoms with Gasteiger partial charge in [0.1, 0.15) is 30.8 Å². The number of carbonyl (C=O) groups excluding carboxylic acids is 3. The van der Waals surface area contributed by atoms with Crippen LogP contribution in [0.2, 0.25) is 0 Å². The molecule has 3 unspecified atom stereocenters. The van der Waals surface area contributed by atoms with Gasteiger partial charge in [-0.15, -0.1) is 0 Å². The van der Waals surface area contributed by atoms with Gasteiger partial charge >= 0.3 is 19.9 Å². The second-order valence-electron chi connectivity index (χ2n) is 10.5. The van der Waals surface area contributed by atoms with Crippen LogP contribution in [0.4, 0.5) is 9.59 Å². The maximum Gasteiger partial charge on any atom is 0.472 e. The molecule has 16 nitrogen and oxygen atoms in total. The zero-order valence-electron chi connectivity index (χ0n) is 19.8. The molecule has 0 radical (unpaired) electrons. The minimum absolute atomic E-state index is 0.147. The number of urea groups is 2. The van der Waals surface area contributed by atoms with Crippen LogP contribution >= 0.6 is 7.82 Å². The number of carbonyl (C=O) groups is 3. The number of aliphatic hydroxyl groups excluding tert-OH is 2. The van der Waals surface area contributed by atoms with Crippen LogP contribution in [0.1, 0.15) is 26.7 Å². The molecule has 4 bridgehead atoms. The van der Waals surface area contributed by atoms with Gasteiger partial charge in [-0.2, -0.15) is 0 Å². The van der Waals surface area contributed by atoms with E-state index in [4.69, 9.17) is 18.5 Å². The third kappa shape index (κ3) is 3.18. The van der Waals surface area contributed by atoms with Gasteiger partial charge in [0.15, 0.2) is 0 Å². The summed E-state index contributed by atoms with van der Waals surface area (Å²) < 4.78 is 34.6. The van der Waals surface area contributed by atoms with Crippen LogP contribution in [0.5, 0.6) is 0 Å². The first-order chi connectivity index (χ1) is 17.3. The Kier molecular flexibility index (Phi) is 5.38. The lowest BCUT2D eigenvalue weighted by molar-refractivity contribution is -0.283. The SMILES string of the molecule is C[C@]12C(=O)NC(=O)N3[C@H]1[C@@H]1N(C(=O)N=C([O-])[C@@]12C)[C@H]1CC(O)[C@H](COP(=O)(O)OC2C[C@H]3O[C@H]2CO)O1. The fourth-order valence-corrected chi connectivity index (χ4v) is 7.65. The average Bonchev–Trinajstić information content (AvgIpc) is 3.38. The molecule has 11 atom stereocenters. The van der Waals surface area contributed by atoms with Crippen molar-refractivity contribution < 1.29 is 57.7 Å². The number of aliphatic hydroxyl groups is 2. The summed E-state index contributed by atoms with van der Waals surface area (Å²) in [6.07, 6.45) is -7.35. The number of phosphoric ester groups is 1. The fraction of sp³-hybridized carbons (Fsp3) is 0.800. The van der Waals surface area contributed by atoms with Crippen LogP contribution in [0.3, 0.4) is 0 Å². The second-order valence-corrected chi connectivity index (χ2v) is 11.9. The molecule has 37 heavy (non-hydrogen) atoms. The fourth-order valence-electron chi connectivity index (χ4n) is 6.69. The van der Waals surface area contributed by atoms with E-state index in [-0.39, 0.29) is 12.8 Å². The molecule has 5 heterocycles. The Balaban J connectivity index is 1.50. The van der Waals surface area contributed by atoms with Gasteiger partial charge in [0.05, 0.1) is 36.8 Å². The summed E-state index contributed by atoms with van der Waals surface area (Å²) in [5.41, 5.74) is -3.11. The molecule has 0 aromatic heterocycles. The van der Waals surface area contributed by atoms with E-state index in [9.17, 15) is 39.2 Å². The topological polar surface area (TPSA) is 220 Å². The van der Waals surface area contributed by atoms with E-state index in [0.29, 0.717) is 0 Å². The third-order valence-electron chi connectivity index (χ3n) is 8.81. The number of phosphoric acid groups is 1. The van der Waals surface area contributed by atoms with E-state index < -0.39 is 105 Å². The largest absolute Gasteiger partial charge is 0.861 e.